The molecule has 1 aromatic heterocycles. The zero-order chi connectivity index (χ0) is 21.5. The number of amides is 1. The summed E-state index contributed by atoms with van der Waals surface area (Å²) >= 11 is 0. The van der Waals surface area contributed by atoms with E-state index in [1.807, 2.05) is 45.9 Å². The Morgan fingerprint density at radius 2 is 1.70 bits per heavy atom. The number of aryl methyl sites for hydroxylation is 2. The Bertz CT molecular complexity index is 1020. The van der Waals surface area contributed by atoms with Crippen LogP contribution in [0.1, 0.15) is 25.0 Å². The van der Waals surface area contributed by atoms with Crippen LogP contribution < -0.4 is 19.5 Å². The van der Waals surface area contributed by atoms with E-state index in [0.717, 1.165) is 11.1 Å². The Labute approximate surface area is 175 Å². The molecule has 30 heavy (non-hydrogen) atoms. The molecule has 0 aliphatic rings. The third-order valence-corrected chi connectivity index (χ3v) is 4.41. The predicted octanol–water partition coefficient (Wildman–Crippen LogP) is 4.17. The number of aromatic nitrogens is 2. The molecule has 0 bridgehead atoms. The van der Waals surface area contributed by atoms with Crippen LogP contribution in [0.25, 0.3) is 11.3 Å². The van der Waals surface area contributed by atoms with Gasteiger partial charge in [0.05, 0.1) is 13.2 Å². The zero-order valence-electron chi connectivity index (χ0n) is 17.5. The van der Waals surface area contributed by atoms with Gasteiger partial charge < -0.3 is 19.5 Å². The minimum Gasteiger partial charge on any atom is -0.490 e. The van der Waals surface area contributed by atoms with E-state index in [1.165, 1.54) is 0 Å². The van der Waals surface area contributed by atoms with E-state index in [0.29, 0.717) is 41.7 Å². The van der Waals surface area contributed by atoms with E-state index < -0.39 is 0 Å². The summed E-state index contributed by atoms with van der Waals surface area (Å²) in [4.78, 5) is 12.3. The van der Waals surface area contributed by atoms with Crippen molar-refractivity contribution in [2.24, 2.45) is 0 Å². The van der Waals surface area contributed by atoms with Crippen molar-refractivity contribution >= 4 is 11.7 Å². The number of benzene rings is 2. The lowest BCUT2D eigenvalue weighted by atomic mass is 10.1. The van der Waals surface area contributed by atoms with E-state index in [1.54, 1.807) is 18.2 Å². The summed E-state index contributed by atoms with van der Waals surface area (Å²) in [6, 6.07) is 11.0. The normalized spacial score (nSPS) is 10.5. The van der Waals surface area contributed by atoms with E-state index >= 15 is 0 Å². The second kappa shape index (κ2) is 9.78. The number of ether oxygens (including phenoxy) is 3. The smallest absolute Gasteiger partial charge is 0.263 e. The van der Waals surface area contributed by atoms with E-state index in [4.69, 9.17) is 18.8 Å². The number of nitrogens with zero attached hydrogens (tertiary/aromatic N) is 2. The first kappa shape index (κ1) is 21.2. The van der Waals surface area contributed by atoms with Crippen molar-refractivity contribution < 1.29 is 23.6 Å². The van der Waals surface area contributed by atoms with Crippen molar-refractivity contribution in [2.45, 2.75) is 27.7 Å². The molecule has 0 saturated carbocycles. The lowest BCUT2D eigenvalue weighted by Crippen LogP contribution is -2.20. The van der Waals surface area contributed by atoms with Crippen molar-refractivity contribution in [1.29, 1.82) is 0 Å². The average molecular weight is 411 g/mol. The van der Waals surface area contributed by atoms with Crippen LogP contribution >= 0.6 is 0 Å². The van der Waals surface area contributed by atoms with Crippen molar-refractivity contribution in [1.82, 2.24) is 10.3 Å². The summed E-state index contributed by atoms with van der Waals surface area (Å²) in [6.07, 6.45) is 0. The highest BCUT2D eigenvalue weighted by atomic mass is 16.6. The van der Waals surface area contributed by atoms with E-state index in [-0.39, 0.29) is 18.3 Å². The summed E-state index contributed by atoms with van der Waals surface area (Å²) in [5.74, 6) is 1.66. The fraction of sp³-hybridized carbons (Fsp3) is 0.318. The first-order chi connectivity index (χ1) is 14.5. The van der Waals surface area contributed by atoms with Gasteiger partial charge in [0.15, 0.2) is 23.8 Å². The van der Waals surface area contributed by atoms with Crippen LogP contribution in [0.15, 0.2) is 41.0 Å². The Balaban J connectivity index is 1.71. The summed E-state index contributed by atoms with van der Waals surface area (Å²) in [5.41, 5.74) is 3.32. The molecule has 0 atom stereocenters. The monoisotopic (exact) mass is 411 g/mol. The van der Waals surface area contributed by atoms with Crippen LogP contribution in [0.4, 0.5) is 5.82 Å². The molecule has 0 radical (unpaired) electrons. The fourth-order valence-electron chi connectivity index (χ4n) is 2.78. The van der Waals surface area contributed by atoms with Crippen molar-refractivity contribution in [2.75, 3.05) is 25.1 Å². The lowest BCUT2D eigenvalue weighted by molar-refractivity contribution is -0.118. The number of carbonyl (C=O) groups excluding carboxylic acids is 1. The predicted molar refractivity (Wildman–Crippen MR) is 112 cm³/mol. The van der Waals surface area contributed by atoms with Crippen LogP contribution in [-0.2, 0) is 4.79 Å². The number of anilines is 1. The van der Waals surface area contributed by atoms with Gasteiger partial charge in [0.2, 0.25) is 5.82 Å². The van der Waals surface area contributed by atoms with Crippen LogP contribution in [0, 0.1) is 13.8 Å². The van der Waals surface area contributed by atoms with Crippen molar-refractivity contribution in [3.05, 3.63) is 47.5 Å². The molecule has 8 nitrogen and oxygen atoms in total. The third kappa shape index (κ3) is 5.08. The van der Waals surface area contributed by atoms with Gasteiger partial charge in [-0.2, -0.15) is 0 Å². The van der Waals surface area contributed by atoms with Gasteiger partial charge in [0.1, 0.15) is 5.75 Å². The minimum atomic E-state index is -0.374. The molecular formula is C22H25N3O5. The molecule has 1 amide bonds. The molecule has 1 heterocycles. The van der Waals surface area contributed by atoms with E-state index in [9.17, 15) is 4.79 Å². The second-order valence-electron chi connectivity index (χ2n) is 6.57. The van der Waals surface area contributed by atoms with Crippen molar-refractivity contribution in [3.8, 4) is 28.5 Å². The third-order valence-electron chi connectivity index (χ3n) is 4.41. The molecular weight excluding hydrogens is 386 g/mol. The number of hydrogen-bond donors (Lipinski definition) is 1. The molecule has 0 unspecified atom stereocenters. The van der Waals surface area contributed by atoms with Crippen LogP contribution in [-0.4, -0.2) is 36.0 Å². The highest BCUT2D eigenvalue weighted by Gasteiger charge is 2.18. The first-order valence-corrected chi connectivity index (χ1v) is 9.74. The number of nitrogens with one attached hydrogen (secondary N) is 1. The Kier molecular flexibility index (Phi) is 6.90. The topological polar surface area (TPSA) is 95.7 Å². The lowest BCUT2D eigenvalue weighted by Gasteiger charge is -2.12. The maximum atomic E-state index is 12.3. The maximum absolute atomic E-state index is 12.3. The van der Waals surface area contributed by atoms with E-state index in [2.05, 4.69) is 15.6 Å². The molecule has 8 heteroatoms. The fourth-order valence-corrected chi connectivity index (χ4v) is 2.78. The van der Waals surface area contributed by atoms with Gasteiger partial charge in [0.25, 0.3) is 5.91 Å². The molecule has 0 spiro atoms. The molecule has 0 fully saturated rings. The molecule has 158 valence electrons. The minimum absolute atomic E-state index is 0.164. The summed E-state index contributed by atoms with van der Waals surface area (Å²) in [5, 5.41) is 10.4. The standard InChI is InChI=1S/C22H25N3O5/c1-5-27-18-10-8-16(12-19(18)28-6-2)21-22(25-30-24-21)23-20(26)13-29-17-9-7-14(3)15(4)11-17/h7-12H,5-6,13H2,1-4H3,(H,23,25,26). The van der Waals surface area contributed by atoms with Crippen molar-refractivity contribution in [3.63, 3.8) is 0 Å². The quantitative estimate of drug-likeness (QED) is 0.564. The van der Waals surface area contributed by atoms with Gasteiger partial charge >= 0.3 is 0 Å². The Hall–Kier alpha value is -3.55. The molecule has 0 aliphatic heterocycles. The maximum Gasteiger partial charge on any atom is 0.263 e. The molecule has 0 saturated heterocycles. The number of hydrogen-bond acceptors (Lipinski definition) is 7. The van der Waals surface area contributed by atoms with Gasteiger partial charge in [0, 0.05) is 5.56 Å². The summed E-state index contributed by atoms with van der Waals surface area (Å²) in [6.45, 7) is 8.64. The molecule has 3 rings (SSSR count). The SMILES string of the molecule is CCOc1ccc(-c2nonc2NC(=O)COc2ccc(C)c(C)c2)cc1OCC. The zero-order valence-corrected chi connectivity index (χ0v) is 17.5. The second-order valence-corrected chi connectivity index (χ2v) is 6.57. The summed E-state index contributed by atoms with van der Waals surface area (Å²) < 4.78 is 21.6. The van der Waals surface area contributed by atoms with Gasteiger partial charge in [-0.1, -0.05) is 6.07 Å². The van der Waals surface area contributed by atoms with Gasteiger partial charge in [-0.25, -0.2) is 4.63 Å². The number of rotatable bonds is 9. The Morgan fingerprint density at radius 3 is 2.43 bits per heavy atom. The largest absolute Gasteiger partial charge is 0.490 e. The van der Waals surface area contributed by atoms with Gasteiger partial charge in [-0.3, -0.25) is 4.79 Å². The molecule has 2 aromatic carbocycles. The first-order valence-electron chi connectivity index (χ1n) is 9.74. The highest BCUT2D eigenvalue weighted by Crippen LogP contribution is 2.34. The number of carbonyl (C=O) groups is 1. The van der Waals surface area contributed by atoms with Gasteiger partial charge in [-0.05, 0) is 79.5 Å². The molecule has 1 N–H and O–H groups in total. The van der Waals surface area contributed by atoms with Crippen LogP contribution in [0.3, 0.4) is 0 Å². The average Bonchev–Trinajstić information content (AvgIpc) is 3.18. The van der Waals surface area contributed by atoms with Crippen LogP contribution in [0.5, 0.6) is 17.2 Å². The Morgan fingerprint density at radius 1 is 0.933 bits per heavy atom. The molecule has 3 aromatic rings. The highest BCUT2D eigenvalue weighted by molar-refractivity contribution is 5.94. The summed E-state index contributed by atoms with van der Waals surface area (Å²) in [7, 11) is 0. The molecule has 0 aliphatic carbocycles. The van der Waals surface area contributed by atoms with Gasteiger partial charge in [-0.15, -0.1) is 0 Å². The van der Waals surface area contributed by atoms with Crippen LogP contribution in [0.2, 0.25) is 0 Å².